The molecule has 1 heterocycles. The summed E-state index contributed by atoms with van der Waals surface area (Å²) in [5.41, 5.74) is 2.21. The molecular formula is C18H24O2. The number of benzene rings is 1. The second-order valence-corrected chi connectivity index (χ2v) is 6.38. The van der Waals surface area contributed by atoms with E-state index in [1.807, 2.05) is 12.1 Å². The van der Waals surface area contributed by atoms with Crippen LogP contribution in [0.2, 0.25) is 0 Å². The van der Waals surface area contributed by atoms with Gasteiger partial charge >= 0.3 is 0 Å². The summed E-state index contributed by atoms with van der Waals surface area (Å²) in [7, 11) is 0. The van der Waals surface area contributed by atoms with Crippen LogP contribution < -0.4 is 0 Å². The molecule has 0 amide bonds. The van der Waals surface area contributed by atoms with Crippen molar-refractivity contribution in [3.05, 3.63) is 35.4 Å². The average molecular weight is 272 g/mol. The highest BCUT2D eigenvalue weighted by atomic mass is 16.5. The summed E-state index contributed by atoms with van der Waals surface area (Å²) in [5, 5.41) is 0. The molecule has 1 saturated heterocycles. The van der Waals surface area contributed by atoms with Gasteiger partial charge in [-0.15, -0.1) is 0 Å². The van der Waals surface area contributed by atoms with Gasteiger partial charge in [-0.2, -0.15) is 0 Å². The Morgan fingerprint density at radius 1 is 1.05 bits per heavy atom. The average Bonchev–Trinajstić information content (AvgIpc) is 2.94. The summed E-state index contributed by atoms with van der Waals surface area (Å²) >= 11 is 0. The van der Waals surface area contributed by atoms with Crippen LogP contribution in [0, 0.1) is 5.92 Å². The smallest absolute Gasteiger partial charge is 0.191 e. The van der Waals surface area contributed by atoms with Crippen LogP contribution in [0.5, 0.6) is 0 Å². The Bertz CT molecular complexity index is 457. The van der Waals surface area contributed by atoms with E-state index in [2.05, 4.69) is 19.1 Å². The quantitative estimate of drug-likeness (QED) is 0.765. The van der Waals surface area contributed by atoms with Crippen LogP contribution >= 0.6 is 0 Å². The summed E-state index contributed by atoms with van der Waals surface area (Å²) in [6.45, 7) is 2.82. The molecule has 2 aliphatic rings. The summed E-state index contributed by atoms with van der Waals surface area (Å²) in [4.78, 5) is 12.4. The molecule has 2 nitrogen and oxygen atoms in total. The van der Waals surface area contributed by atoms with E-state index in [1.54, 1.807) is 0 Å². The predicted octanol–water partition coefficient (Wildman–Crippen LogP) is 4.34. The summed E-state index contributed by atoms with van der Waals surface area (Å²) in [6.07, 6.45) is 7.44. The molecule has 0 aromatic heterocycles. The first kappa shape index (κ1) is 13.8. The molecule has 2 atom stereocenters. The standard InChI is InChI=1S/C18H24O2/c1-13-11-12-20-18(13)17(19)16-9-7-15(8-10-16)14-5-3-2-4-6-14/h7-10,13-14,18H,2-6,11-12H2,1H3. The Hall–Kier alpha value is -1.15. The lowest BCUT2D eigenvalue weighted by Gasteiger charge is -2.22. The summed E-state index contributed by atoms with van der Waals surface area (Å²) in [6, 6.07) is 8.31. The zero-order valence-corrected chi connectivity index (χ0v) is 12.3. The molecule has 0 N–H and O–H groups in total. The molecule has 2 unspecified atom stereocenters. The van der Waals surface area contributed by atoms with Crippen LogP contribution in [0.15, 0.2) is 24.3 Å². The number of hydrogen-bond donors (Lipinski definition) is 0. The van der Waals surface area contributed by atoms with Crippen molar-refractivity contribution in [1.82, 2.24) is 0 Å². The largest absolute Gasteiger partial charge is 0.370 e. The molecule has 0 radical (unpaired) electrons. The van der Waals surface area contributed by atoms with E-state index in [9.17, 15) is 4.79 Å². The van der Waals surface area contributed by atoms with E-state index < -0.39 is 0 Å². The molecule has 1 aromatic carbocycles. The zero-order valence-electron chi connectivity index (χ0n) is 12.3. The van der Waals surface area contributed by atoms with Crippen molar-refractivity contribution in [2.75, 3.05) is 6.61 Å². The fourth-order valence-electron chi connectivity index (χ4n) is 3.55. The molecule has 0 bridgehead atoms. The van der Waals surface area contributed by atoms with Crippen LogP contribution in [0.4, 0.5) is 0 Å². The van der Waals surface area contributed by atoms with E-state index in [4.69, 9.17) is 4.74 Å². The van der Waals surface area contributed by atoms with Gasteiger partial charge in [0.25, 0.3) is 0 Å². The third-order valence-corrected chi connectivity index (χ3v) is 4.92. The normalized spacial score (nSPS) is 27.6. The van der Waals surface area contributed by atoms with Crippen LogP contribution in [0.25, 0.3) is 0 Å². The summed E-state index contributed by atoms with van der Waals surface area (Å²) < 4.78 is 5.58. The molecule has 20 heavy (non-hydrogen) atoms. The third kappa shape index (κ3) is 2.80. The molecule has 0 spiro atoms. The van der Waals surface area contributed by atoms with E-state index in [0.29, 0.717) is 11.8 Å². The minimum atomic E-state index is -0.226. The van der Waals surface area contributed by atoms with Gasteiger partial charge in [-0.05, 0) is 36.7 Å². The molecule has 1 aromatic rings. The molecule has 3 rings (SSSR count). The Morgan fingerprint density at radius 2 is 1.75 bits per heavy atom. The second-order valence-electron chi connectivity index (χ2n) is 6.38. The van der Waals surface area contributed by atoms with E-state index in [1.165, 1.54) is 37.7 Å². The maximum Gasteiger partial charge on any atom is 0.191 e. The van der Waals surface area contributed by atoms with Gasteiger partial charge in [0.15, 0.2) is 5.78 Å². The first-order valence-corrected chi connectivity index (χ1v) is 8.01. The fourth-order valence-corrected chi connectivity index (χ4v) is 3.55. The number of rotatable bonds is 3. The maximum absolute atomic E-state index is 12.4. The lowest BCUT2D eigenvalue weighted by Crippen LogP contribution is -2.25. The molecule has 1 saturated carbocycles. The SMILES string of the molecule is CC1CCOC1C(=O)c1ccc(C2CCCCC2)cc1. The molecule has 2 fully saturated rings. The monoisotopic (exact) mass is 272 g/mol. The highest BCUT2D eigenvalue weighted by Gasteiger charge is 2.31. The van der Waals surface area contributed by atoms with E-state index in [0.717, 1.165) is 18.6 Å². The van der Waals surface area contributed by atoms with Crippen molar-refractivity contribution in [1.29, 1.82) is 0 Å². The Morgan fingerprint density at radius 3 is 2.35 bits per heavy atom. The number of carbonyl (C=O) groups is 1. The maximum atomic E-state index is 12.4. The van der Waals surface area contributed by atoms with Gasteiger partial charge in [0, 0.05) is 12.2 Å². The molecule has 1 aliphatic carbocycles. The fraction of sp³-hybridized carbons (Fsp3) is 0.611. The third-order valence-electron chi connectivity index (χ3n) is 4.92. The summed E-state index contributed by atoms with van der Waals surface area (Å²) in [5.74, 6) is 1.21. The molecule has 108 valence electrons. The van der Waals surface area contributed by atoms with Crippen LogP contribution in [-0.4, -0.2) is 18.5 Å². The topological polar surface area (TPSA) is 26.3 Å². The predicted molar refractivity (Wildman–Crippen MR) is 80.1 cm³/mol. The van der Waals surface area contributed by atoms with Gasteiger partial charge in [0.2, 0.25) is 0 Å². The minimum Gasteiger partial charge on any atom is -0.370 e. The van der Waals surface area contributed by atoms with Crippen molar-refractivity contribution >= 4 is 5.78 Å². The molecular weight excluding hydrogens is 248 g/mol. The highest BCUT2D eigenvalue weighted by Crippen LogP contribution is 2.33. The lowest BCUT2D eigenvalue weighted by atomic mass is 9.83. The van der Waals surface area contributed by atoms with Crippen molar-refractivity contribution in [2.24, 2.45) is 5.92 Å². The van der Waals surface area contributed by atoms with Gasteiger partial charge in [0.1, 0.15) is 6.10 Å². The van der Waals surface area contributed by atoms with Crippen molar-refractivity contribution in [2.45, 2.75) is 57.5 Å². The number of Topliss-reactive ketones (excluding diaryl/α,β-unsaturated/α-hetero) is 1. The van der Waals surface area contributed by atoms with Crippen molar-refractivity contribution < 1.29 is 9.53 Å². The number of carbonyl (C=O) groups excluding carboxylic acids is 1. The minimum absolute atomic E-state index is 0.158. The molecule has 1 aliphatic heterocycles. The van der Waals surface area contributed by atoms with Crippen molar-refractivity contribution in [3.63, 3.8) is 0 Å². The van der Waals surface area contributed by atoms with Gasteiger partial charge < -0.3 is 4.74 Å². The Labute approximate surface area is 121 Å². The van der Waals surface area contributed by atoms with Crippen molar-refractivity contribution in [3.8, 4) is 0 Å². The number of ether oxygens (including phenoxy) is 1. The Kier molecular flexibility index (Phi) is 4.21. The van der Waals surface area contributed by atoms with Crippen LogP contribution in [-0.2, 0) is 4.74 Å². The number of hydrogen-bond acceptors (Lipinski definition) is 2. The van der Waals surface area contributed by atoms with Crippen LogP contribution in [0.1, 0.15) is 67.3 Å². The Balaban J connectivity index is 1.70. The highest BCUT2D eigenvalue weighted by molar-refractivity contribution is 5.99. The first-order valence-electron chi connectivity index (χ1n) is 8.01. The lowest BCUT2D eigenvalue weighted by molar-refractivity contribution is 0.0579. The van der Waals surface area contributed by atoms with E-state index >= 15 is 0 Å². The first-order chi connectivity index (χ1) is 9.75. The second kappa shape index (κ2) is 6.09. The molecule has 2 heteroatoms. The van der Waals surface area contributed by atoms with Gasteiger partial charge in [-0.1, -0.05) is 50.5 Å². The van der Waals surface area contributed by atoms with Crippen LogP contribution in [0.3, 0.4) is 0 Å². The van der Waals surface area contributed by atoms with Gasteiger partial charge in [0.05, 0.1) is 0 Å². The number of ketones is 1. The van der Waals surface area contributed by atoms with Gasteiger partial charge in [-0.25, -0.2) is 0 Å². The zero-order chi connectivity index (χ0) is 13.9. The van der Waals surface area contributed by atoms with Gasteiger partial charge in [-0.3, -0.25) is 4.79 Å². The van der Waals surface area contributed by atoms with E-state index in [-0.39, 0.29) is 11.9 Å².